The summed E-state index contributed by atoms with van der Waals surface area (Å²) in [5, 5.41) is 9.32. The molecular weight excluding hydrogens is 300 g/mol. The van der Waals surface area contributed by atoms with Gasteiger partial charge in [0.2, 0.25) is 0 Å². The Kier molecular flexibility index (Phi) is 3.65. The molecule has 2 saturated carbocycles. The average Bonchev–Trinajstić information content (AvgIpc) is 2.92. The van der Waals surface area contributed by atoms with Crippen LogP contribution in [0.2, 0.25) is 0 Å². The summed E-state index contributed by atoms with van der Waals surface area (Å²) < 4.78 is 0. The molecule has 24 heavy (non-hydrogen) atoms. The second-order valence-corrected chi connectivity index (χ2v) is 8.86. The maximum Gasteiger partial charge on any atom is 0.184 e. The highest BCUT2D eigenvalue weighted by Gasteiger charge is 2.57. The highest BCUT2D eigenvalue weighted by molar-refractivity contribution is 5.98. The van der Waals surface area contributed by atoms with E-state index < -0.39 is 0 Å². The van der Waals surface area contributed by atoms with E-state index in [9.17, 15) is 14.7 Å². The van der Waals surface area contributed by atoms with Crippen molar-refractivity contribution in [2.45, 2.75) is 58.8 Å². The van der Waals surface area contributed by atoms with Gasteiger partial charge in [-0.15, -0.1) is 0 Å². The molecule has 0 heterocycles. The number of carbonyl (C=O) groups is 2. The minimum Gasteiger partial charge on any atom is -0.388 e. The summed E-state index contributed by atoms with van der Waals surface area (Å²) in [6, 6.07) is 0. The van der Waals surface area contributed by atoms with Gasteiger partial charge < -0.3 is 5.11 Å². The molecular formula is C21H28O3. The number of aliphatic hydroxyl groups excluding tert-OH is 1. The summed E-state index contributed by atoms with van der Waals surface area (Å²) in [6.07, 6.45) is 11.1. The summed E-state index contributed by atoms with van der Waals surface area (Å²) in [6.45, 7) is 4.26. The van der Waals surface area contributed by atoms with Crippen LogP contribution in [0.1, 0.15) is 58.8 Å². The van der Waals surface area contributed by atoms with Gasteiger partial charge in [0, 0.05) is 6.42 Å². The SMILES string of the molecule is C[C@@]12CCC(=O)C=C1CC[C@H]1[C@H]2CC[C@]2(C)C(C(=O)CO)=CC[C@@H]12. The van der Waals surface area contributed by atoms with E-state index >= 15 is 0 Å². The monoisotopic (exact) mass is 328 g/mol. The number of hydrogen-bond donors (Lipinski definition) is 1. The molecule has 3 heteroatoms. The molecule has 0 amide bonds. The van der Waals surface area contributed by atoms with Gasteiger partial charge in [0.05, 0.1) is 0 Å². The fourth-order valence-corrected chi connectivity index (χ4v) is 6.64. The van der Waals surface area contributed by atoms with E-state index in [0.717, 1.165) is 44.1 Å². The predicted octanol–water partition coefficient (Wildman–Crippen LogP) is 3.62. The van der Waals surface area contributed by atoms with Crippen molar-refractivity contribution in [1.82, 2.24) is 0 Å². The molecule has 2 fully saturated rings. The molecule has 4 aliphatic carbocycles. The van der Waals surface area contributed by atoms with Crippen molar-refractivity contribution in [2.24, 2.45) is 28.6 Å². The van der Waals surface area contributed by atoms with Crippen molar-refractivity contribution in [3.63, 3.8) is 0 Å². The summed E-state index contributed by atoms with van der Waals surface area (Å²) in [5.74, 6) is 2.03. The Labute approximate surface area is 144 Å². The second kappa shape index (κ2) is 5.39. The van der Waals surface area contributed by atoms with Crippen molar-refractivity contribution in [3.05, 3.63) is 23.3 Å². The van der Waals surface area contributed by atoms with Crippen LogP contribution in [0.4, 0.5) is 0 Å². The minimum absolute atomic E-state index is 0.0525. The molecule has 1 N–H and O–H groups in total. The first-order chi connectivity index (χ1) is 11.4. The van der Waals surface area contributed by atoms with Gasteiger partial charge in [0.1, 0.15) is 6.61 Å². The predicted molar refractivity (Wildman–Crippen MR) is 92.3 cm³/mol. The van der Waals surface area contributed by atoms with Gasteiger partial charge in [-0.25, -0.2) is 0 Å². The molecule has 3 nitrogen and oxygen atoms in total. The Morgan fingerprint density at radius 1 is 1.17 bits per heavy atom. The Balaban J connectivity index is 1.66. The van der Waals surface area contributed by atoms with Gasteiger partial charge in [-0.1, -0.05) is 25.5 Å². The van der Waals surface area contributed by atoms with E-state index in [0.29, 0.717) is 30.0 Å². The van der Waals surface area contributed by atoms with Crippen LogP contribution in [0.3, 0.4) is 0 Å². The lowest BCUT2D eigenvalue weighted by Gasteiger charge is -2.57. The molecule has 4 rings (SSSR count). The standard InChI is InChI=1S/C21H28O3/c1-20-9-7-14(23)11-13(20)3-4-15-16-5-6-18(19(24)12-22)21(16,2)10-8-17(15)20/h6,11,15-17,22H,3-5,7-10,12H2,1-2H3/t15-,16+,17-,20-,21+/m1/s1. The van der Waals surface area contributed by atoms with E-state index in [1.165, 1.54) is 5.57 Å². The third-order valence-corrected chi connectivity index (χ3v) is 7.99. The molecule has 5 atom stereocenters. The van der Waals surface area contributed by atoms with Crippen molar-refractivity contribution in [3.8, 4) is 0 Å². The number of allylic oxidation sites excluding steroid dienone is 3. The number of Topliss-reactive ketones (excluding diaryl/α,β-unsaturated/α-hetero) is 1. The van der Waals surface area contributed by atoms with E-state index in [1.54, 1.807) is 0 Å². The zero-order chi connectivity index (χ0) is 17.1. The normalized spacial score (nSPS) is 44.1. The molecule has 4 aliphatic rings. The van der Waals surface area contributed by atoms with Crippen LogP contribution in [0.25, 0.3) is 0 Å². The molecule has 130 valence electrons. The van der Waals surface area contributed by atoms with E-state index in [2.05, 4.69) is 19.9 Å². The molecule has 0 aromatic heterocycles. The summed E-state index contributed by atoms with van der Waals surface area (Å²) >= 11 is 0. The molecule has 0 radical (unpaired) electrons. The smallest absolute Gasteiger partial charge is 0.184 e. The lowest BCUT2D eigenvalue weighted by atomic mass is 9.47. The molecule has 0 unspecified atom stereocenters. The third kappa shape index (κ3) is 2.06. The lowest BCUT2D eigenvalue weighted by Crippen LogP contribution is -2.50. The van der Waals surface area contributed by atoms with Crippen molar-refractivity contribution in [2.75, 3.05) is 6.61 Å². The highest BCUT2D eigenvalue weighted by atomic mass is 16.3. The number of rotatable bonds is 2. The molecule has 0 saturated heterocycles. The highest BCUT2D eigenvalue weighted by Crippen LogP contribution is 2.65. The van der Waals surface area contributed by atoms with E-state index in [-0.39, 0.29) is 23.2 Å². The number of ketones is 2. The summed E-state index contributed by atoms with van der Waals surface area (Å²) in [4.78, 5) is 24.1. The van der Waals surface area contributed by atoms with Crippen LogP contribution in [-0.4, -0.2) is 23.3 Å². The van der Waals surface area contributed by atoms with Crippen LogP contribution in [0.15, 0.2) is 23.3 Å². The van der Waals surface area contributed by atoms with Gasteiger partial charge in [-0.2, -0.15) is 0 Å². The first-order valence-corrected chi connectivity index (χ1v) is 9.49. The maximum absolute atomic E-state index is 12.2. The maximum atomic E-state index is 12.2. The van der Waals surface area contributed by atoms with Crippen LogP contribution in [0.5, 0.6) is 0 Å². The topological polar surface area (TPSA) is 54.4 Å². The lowest BCUT2D eigenvalue weighted by molar-refractivity contribution is -0.121. The Bertz CT molecular complexity index is 658. The van der Waals surface area contributed by atoms with E-state index in [1.807, 2.05) is 6.08 Å². The number of carbonyl (C=O) groups excluding carboxylic acids is 2. The number of aliphatic hydroxyl groups is 1. The zero-order valence-corrected chi connectivity index (χ0v) is 14.8. The average molecular weight is 328 g/mol. The summed E-state index contributed by atoms with van der Waals surface area (Å²) in [7, 11) is 0. The van der Waals surface area contributed by atoms with Crippen LogP contribution in [-0.2, 0) is 9.59 Å². The van der Waals surface area contributed by atoms with Gasteiger partial charge >= 0.3 is 0 Å². The first kappa shape index (κ1) is 16.3. The van der Waals surface area contributed by atoms with Gasteiger partial charge in [-0.3, -0.25) is 9.59 Å². The fraction of sp³-hybridized carbons (Fsp3) is 0.714. The Morgan fingerprint density at radius 3 is 2.71 bits per heavy atom. The number of hydrogen-bond acceptors (Lipinski definition) is 3. The molecule has 0 bridgehead atoms. The molecule has 0 aromatic rings. The molecule has 0 aromatic carbocycles. The second-order valence-electron chi connectivity index (χ2n) is 8.86. The quantitative estimate of drug-likeness (QED) is 0.842. The van der Waals surface area contributed by atoms with Crippen LogP contribution >= 0.6 is 0 Å². The molecule has 0 aliphatic heterocycles. The van der Waals surface area contributed by atoms with Gasteiger partial charge in [0.15, 0.2) is 11.6 Å². The van der Waals surface area contributed by atoms with Crippen LogP contribution in [0, 0.1) is 28.6 Å². The molecule has 0 spiro atoms. The van der Waals surface area contributed by atoms with Crippen LogP contribution < -0.4 is 0 Å². The Morgan fingerprint density at radius 2 is 1.96 bits per heavy atom. The largest absolute Gasteiger partial charge is 0.388 e. The first-order valence-electron chi connectivity index (χ1n) is 9.49. The minimum atomic E-state index is -0.366. The van der Waals surface area contributed by atoms with E-state index in [4.69, 9.17) is 0 Å². The third-order valence-electron chi connectivity index (χ3n) is 7.99. The number of fused-ring (bicyclic) bond motifs is 5. The zero-order valence-electron chi connectivity index (χ0n) is 14.8. The van der Waals surface area contributed by atoms with Gasteiger partial charge in [0.25, 0.3) is 0 Å². The van der Waals surface area contributed by atoms with Gasteiger partial charge in [-0.05, 0) is 78.8 Å². The van der Waals surface area contributed by atoms with Crippen molar-refractivity contribution in [1.29, 1.82) is 0 Å². The Hall–Kier alpha value is -1.22. The summed E-state index contributed by atoms with van der Waals surface area (Å²) in [5.41, 5.74) is 2.41. The fourth-order valence-electron chi connectivity index (χ4n) is 6.64. The van der Waals surface area contributed by atoms with Crippen molar-refractivity contribution < 1.29 is 14.7 Å². The van der Waals surface area contributed by atoms with Crippen molar-refractivity contribution >= 4 is 11.6 Å².